The third-order valence-corrected chi connectivity index (χ3v) is 4.50. The van der Waals surface area contributed by atoms with Gasteiger partial charge in [-0.3, -0.25) is 4.98 Å². The molecule has 136 valence electrons. The molecule has 0 unspecified atom stereocenters. The molecular weight excluding hydrogens is 306 g/mol. The van der Waals surface area contributed by atoms with Gasteiger partial charge >= 0.3 is 0 Å². The number of pyridine rings is 1. The molecule has 3 nitrogen and oxygen atoms in total. The Bertz CT molecular complexity index is 558. The summed E-state index contributed by atoms with van der Waals surface area (Å²) in [6.45, 7) is 10.1. The number of aromatic nitrogens is 1. The predicted octanol–water partition coefficient (Wildman–Crippen LogP) is 4.74. The van der Waals surface area contributed by atoms with Gasteiger partial charge in [0.25, 0.3) is 0 Å². The first-order chi connectivity index (χ1) is 12.3. The van der Waals surface area contributed by atoms with Crippen molar-refractivity contribution in [3.63, 3.8) is 0 Å². The van der Waals surface area contributed by atoms with E-state index in [-0.39, 0.29) is 0 Å². The maximum Gasteiger partial charge on any atom is 0.0701 e. The lowest BCUT2D eigenvalue weighted by Crippen LogP contribution is -2.33. The first-order valence-electron chi connectivity index (χ1n) is 9.77. The van der Waals surface area contributed by atoms with Crippen LogP contribution in [0.1, 0.15) is 45.1 Å². The normalized spacial score (nSPS) is 11.2. The molecular formula is C22H33N3. The van der Waals surface area contributed by atoms with Crippen LogP contribution in [0.4, 0.5) is 0 Å². The van der Waals surface area contributed by atoms with Crippen molar-refractivity contribution >= 4 is 0 Å². The molecule has 0 aliphatic heterocycles. The molecule has 3 heteroatoms. The minimum absolute atomic E-state index is 0.928. The molecule has 1 aromatic carbocycles. The van der Waals surface area contributed by atoms with Crippen LogP contribution < -0.4 is 5.32 Å². The summed E-state index contributed by atoms with van der Waals surface area (Å²) in [5, 5.41) is 3.59. The van der Waals surface area contributed by atoms with Crippen LogP contribution in [0.3, 0.4) is 0 Å². The van der Waals surface area contributed by atoms with E-state index in [1.54, 1.807) is 0 Å². The molecule has 0 saturated heterocycles. The third kappa shape index (κ3) is 7.37. The Morgan fingerprint density at radius 1 is 0.880 bits per heavy atom. The summed E-state index contributed by atoms with van der Waals surface area (Å²) in [4.78, 5) is 7.00. The van der Waals surface area contributed by atoms with E-state index >= 15 is 0 Å². The van der Waals surface area contributed by atoms with Crippen LogP contribution in [0.5, 0.6) is 0 Å². The van der Waals surface area contributed by atoms with Gasteiger partial charge in [0, 0.05) is 31.4 Å². The van der Waals surface area contributed by atoms with Crippen molar-refractivity contribution in [2.24, 2.45) is 0 Å². The number of nitrogens with zero attached hydrogens (tertiary/aromatic N) is 2. The zero-order valence-corrected chi connectivity index (χ0v) is 15.9. The summed E-state index contributed by atoms with van der Waals surface area (Å²) >= 11 is 0. The second-order valence-electron chi connectivity index (χ2n) is 6.64. The highest BCUT2D eigenvalue weighted by molar-refractivity contribution is 5.58. The lowest BCUT2D eigenvalue weighted by Gasteiger charge is -2.22. The Hall–Kier alpha value is -1.71. The molecule has 0 saturated carbocycles. The van der Waals surface area contributed by atoms with Gasteiger partial charge in [0.2, 0.25) is 0 Å². The first-order valence-corrected chi connectivity index (χ1v) is 9.77. The minimum Gasteiger partial charge on any atom is -0.311 e. The Morgan fingerprint density at radius 3 is 2.20 bits per heavy atom. The van der Waals surface area contributed by atoms with Crippen LogP contribution in [0.15, 0.2) is 48.7 Å². The molecule has 0 aliphatic carbocycles. The van der Waals surface area contributed by atoms with Crippen molar-refractivity contribution in [3.05, 3.63) is 54.2 Å². The number of rotatable bonds is 12. The summed E-state index contributed by atoms with van der Waals surface area (Å²) in [6, 6.07) is 14.7. The van der Waals surface area contributed by atoms with E-state index < -0.39 is 0 Å². The van der Waals surface area contributed by atoms with Gasteiger partial charge in [-0.05, 0) is 43.6 Å². The topological polar surface area (TPSA) is 28.2 Å². The molecule has 2 aromatic rings. The quantitative estimate of drug-likeness (QED) is 0.566. The molecule has 1 aromatic heterocycles. The number of hydrogen-bond acceptors (Lipinski definition) is 3. The molecule has 1 heterocycles. The van der Waals surface area contributed by atoms with E-state index in [0.29, 0.717) is 0 Å². The molecule has 0 amide bonds. The van der Waals surface area contributed by atoms with Crippen molar-refractivity contribution < 1.29 is 0 Å². The van der Waals surface area contributed by atoms with Crippen LogP contribution >= 0.6 is 0 Å². The van der Waals surface area contributed by atoms with Crippen LogP contribution in [0.25, 0.3) is 11.3 Å². The van der Waals surface area contributed by atoms with Crippen molar-refractivity contribution in [3.8, 4) is 11.3 Å². The largest absolute Gasteiger partial charge is 0.311 e. The molecule has 0 atom stereocenters. The van der Waals surface area contributed by atoms with Crippen LogP contribution in [-0.4, -0.2) is 36.1 Å². The van der Waals surface area contributed by atoms with Crippen LogP contribution in [0, 0.1) is 0 Å². The third-order valence-electron chi connectivity index (χ3n) is 4.50. The highest BCUT2D eigenvalue weighted by Crippen LogP contribution is 2.16. The molecule has 0 spiro atoms. The molecule has 1 N–H and O–H groups in total. The van der Waals surface area contributed by atoms with Gasteiger partial charge in [0.15, 0.2) is 0 Å². The molecule has 2 rings (SSSR count). The maximum atomic E-state index is 4.40. The Kier molecular flexibility index (Phi) is 9.24. The Labute approximate surface area is 153 Å². The molecule has 0 bridgehead atoms. The van der Waals surface area contributed by atoms with Crippen LogP contribution in [0.2, 0.25) is 0 Å². The Balaban J connectivity index is 1.73. The second-order valence-corrected chi connectivity index (χ2v) is 6.64. The van der Waals surface area contributed by atoms with Gasteiger partial charge < -0.3 is 10.2 Å². The van der Waals surface area contributed by atoms with Crippen molar-refractivity contribution in [1.82, 2.24) is 15.2 Å². The summed E-state index contributed by atoms with van der Waals surface area (Å²) in [5.41, 5.74) is 3.53. The maximum absolute atomic E-state index is 4.40. The van der Waals surface area contributed by atoms with Gasteiger partial charge in [-0.2, -0.15) is 0 Å². The Morgan fingerprint density at radius 2 is 1.60 bits per heavy atom. The number of unbranched alkanes of at least 4 members (excludes halogenated alkanes) is 2. The highest BCUT2D eigenvalue weighted by atomic mass is 15.1. The van der Waals surface area contributed by atoms with E-state index in [0.717, 1.165) is 25.3 Å². The molecule has 25 heavy (non-hydrogen) atoms. The molecule has 0 aliphatic rings. The zero-order chi connectivity index (χ0) is 17.7. The van der Waals surface area contributed by atoms with Gasteiger partial charge in [-0.1, -0.05) is 57.0 Å². The molecule has 0 fully saturated rings. The first kappa shape index (κ1) is 19.6. The van der Waals surface area contributed by atoms with Crippen molar-refractivity contribution in [2.75, 3.05) is 26.2 Å². The van der Waals surface area contributed by atoms with Gasteiger partial charge in [0.05, 0.1) is 5.69 Å². The standard InChI is InChI=1S/C22H33N3/c1-3-5-16-25(17-6-4-2)18-15-23-19-20-10-12-21(13-11-20)22-9-7-8-14-24-22/h7-14,23H,3-6,15-19H2,1-2H3. The SMILES string of the molecule is CCCCN(CCCC)CCNCc1ccc(-c2ccccn2)cc1. The monoisotopic (exact) mass is 339 g/mol. The van der Waals surface area contributed by atoms with E-state index in [2.05, 4.69) is 59.4 Å². The van der Waals surface area contributed by atoms with E-state index in [1.807, 2.05) is 18.3 Å². The summed E-state index contributed by atoms with van der Waals surface area (Å²) < 4.78 is 0. The average molecular weight is 340 g/mol. The van der Waals surface area contributed by atoms with E-state index in [4.69, 9.17) is 0 Å². The molecule has 0 radical (unpaired) electrons. The zero-order valence-electron chi connectivity index (χ0n) is 15.9. The van der Waals surface area contributed by atoms with Crippen LogP contribution in [-0.2, 0) is 6.54 Å². The van der Waals surface area contributed by atoms with Crippen molar-refractivity contribution in [2.45, 2.75) is 46.1 Å². The van der Waals surface area contributed by atoms with Gasteiger partial charge in [-0.25, -0.2) is 0 Å². The summed E-state index contributed by atoms with van der Waals surface area (Å²) in [7, 11) is 0. The second kappa shape index (κ2) is 11.8. The lowest BCUT2D eigenvalue weighted by molar-refractivity contribution is 0.264. The fraction of sp³-hybridized carbons (Fsp3) is 0.500. The van der Waals surface area contributed by atoms with Gasteiger partial charge in [0.1, 0.15) is 0 Å². The van der Waals surface area contributed by atoms with Crippen molar-refractivity contribution in [1.29, 1.82) is 0 Å². The number of hydrogen-bond donors (Lipinski definition) is 1. The number of benzene rings is 1. The van der Waals surface area contributed by atoms with E-state index in [9.17, 15) is 0 Å². The fourth-order valence-electron chi connectivity index (χ4n) is 2.90. The van der Waals surface area contributed by atoms with Gasteiger partial charge in [-0.15, -0.1) is 0 Å². The average Bonchev–Trinajstić information content (AvgIpc) is 2.68. The summed E-state index contributed by atoms with van der Waals surface area (Å²) in [6.07, 6.45) is 7.00. The van der Waals surface area contributed by atoms with E-state index in [1.165, 1.54) is 49.9 Å². The minimum atomic E-state index is 0.928. The lowest BCUT2D eigenvalue weighted by atomic mass is 10.1. The number of nitrogens with one attached hydrogen (secondary N) is 1. The smallest absolute Gasteiger partial charge is 0.0701 e. The highest BCUT2D eigenvalue weighted by Gasteiger charge is 2.03. The predicted molar refractivity (Wildman–Crippen MR) is 108 cm³/mol. The fourth-order valence-corrected chi connectivity index (χ4v) is 2.90. The summed E-state index contributed by atoms with van der Waals surface area (Å²) in [5.74, 6) is 0.